The lowest BCUT2D eigenvalue weighted by atomic mass is 9.90. The van der Waals surface area contributed by atoms with Gasteiger partial charge in [0.2, 0.25) is 0 Å². The van der Waals surface area contributed by atoms with Crippen LogP contribution >= 0.6 is 0 Å². The SMILES string of the molecule is CC(C#N)c1cccc(C(O)N[C@@H]2CCC[C@H](Nc3cc(C(F)(F)F)nc4ccccc34)C2)c1. The number of hydrogen-bond acceptors (Lipinski definition) is 5. The third kappa shape index (κ3) is 5.49. The van der Waals surface area contributed by atoms with Gasteiger partial charge in [0, 0.05) is 23.2 Å². The lowest BCUT2D eigenvalue weighted by Gasteiger charge is -2.33. The van der Waals surface area contributed by atoms with Gasteiger partial charge in [0.05, 0.1) is 17.5 Å². The Morgan fingerprint density at radius 1 is 1.06 bits per heavy atom. The van der Waals surface area contributed by atoms with Crippen molar-refractivity contribution in [3.8, 4) is 6.07 Å². The molecule has 34 heavy (non-hydrogen) atoms. The van der Waals surface area contributed by atoms with Crippen molar-refractivity contribution >= 4 is 16.6 Å². The van der Waals surface area contributed by atoms with Crippen molar-refractivity contribution in [3.05, 3.63) is 71.4 Å². The van der Waals surface area contributed by atoms with Crippen LogP contribution in [0.4, 0.5) is 18.9 Å². The number of benzene rings is 2. The van der Waals surface area contributed by atoms with Crippen LogP contribution in [0.25, 0.3) is 10.9 Å². The monoisotopic (exact) mass is 468 g/mol. The number of nitriles is 1. The zero-order chi connectivity index (χ0) is 24.3. The largest absolute Gasteiger partial charge is 0.433 e. The third-order valence-corrected chi connectivity index (χ3v) is 6.35. The van der Waals surface area contributed by atoms with Crippen LogP contribution in [0, 0.1) is 11.3 Å². The van der Waals surface area contributed by atoms with Crippen molar-refractivity contribution in [2.24, 2.45) is 0 Å². The minimum atomic E-state index is -4.53. The topological polar surface area (TPSA) is 81.0 Å². The Hall–Kier alpha value is -3.15. The van der Waals surface area contributed by atoms with Crippen molar-refractivity contribution < 1.29 is 18.3 Å². The molecule has 1 saturated carbocycles. The first kappa shape index (κ1) is 24.0. The maximum Gasteiger partial charge on any atom is 0.433 e. The number of fused-ring (bicyclic) bond motifs is 1. The summed E-state index contributed by atoms with van der Waals surface area (Å²) < 4.78 is 40.2. The zero-order valence-electron chi connectivity index (χ0n) is 18.8. The fraction of sp³-hybridized carbons (Fsp3) is 0.385. The molecular weight excluding hydrogens is 441 g/mol. The Kier molecular flexibility index (Phi) is 7.05. The van der Waals surface area contributed by atoms with Gasteiger partial charge in [0.1, 0.15) is 11.9 Å². The maximum atomic E-state index is 13.4. The molecule has 4 atom stereocenters. The summed E-state index contributed by atoms with van der Waals surface area (Å²) in [5, 5.41) is 27.1. The van der Waals surface area contributed by atoms with Gasteiger partial charge in [-0.15, -0.1) is 0 Å². The predicted octanol–water partition coefficient (Wildman–Crippen LogP) is 5.88. The molecular formula is C26H27F3N4O. The molecule has 2 aromatic carbocycles. The van der Waals surface area contributed by atoms with E-state index in [2.05, 4.69) is 21.7 Å². The van der Waals surface area contributed by atoms with Gasteiger partial charge < -0.3 is 10.4 Å². The summed E-state index contributed by atoms with van der Waals surface area (Å²) in [7, 11) is 0. The number of halogens is 3. The molecule has 8 heteroatoms. The van der Waals surface area contributed by atoms with Crippen molar-refractivity contribution in [2.45, 2.75) is 63.0 Å². The average Bonchev–Trinajstić information content (AvgIpc) is 2.83. The number of aromatic nitrogens is 1. The number of aliphatic hydroxyl groups excluding tert-OH is 1. The van der Waals surface area contributed by atoms with Gasteiger partial charge in [-0.3, -0.25) is 5.32 Å². The molecule has 2 unspecified atom stereocenters. The van der Waals surface area contributed by atoms with Crippen LogP contribution < -0.4 is 10.6 Å². The number of aliphatic hydroxyl groups is 1. The van der Waals surface area contributed by atoms with Crippen LogP contribution in [0.1, 0.15) is 61.6 Å². The molecule has 0 aliphatic heterocycles. The number of pyridine rings is 1. The number of anilines is 1. The lowest BCUT2D eigenvalue weighted by Crippen LogP contribution is -2.40. The number of alkyl halides is 3. The Balaban J connectivity index is 1.48. The molecule has 4 rings (SSSR count). The van der Waals surface area contributed by atoms with Crippen molar-refractivity contribution in [3.63, 3.8) is 0 Å². The molecule has 1 aromatic heterocycles. The molecule has 3 N–H and O–H groups in total. The molecule has 0 spiro atoms. The molecule has 1 aliphatic carbocycles. The molecule has 178 valence electrons. The van der Waals surface area contributed by atoms with Crippen LogP contribution in [-0.2, 0) is 6.18 Å². The second kappa shape index (κ2) is 10.00. The highest BCUT2D eigenvalue weighted by atomic mass is 19.4. The van der Waals surface area contributed by atoms with Crippen molar-refractivity contribution in [1.29, 1.82) is 5.26 Å². The average molecular weight is 469 g/mol. The van der Waals surface area contributed by atoms with Crippen LogP contribution in [-0.4, -0.2) is 22.2 Å². The molecule has 3 aromatic rings. The first-order valence-electron chi connectivity index (χ1n) is 11.4. The summed E-state index contributed by atoms with van der Waals surface area (Å²) >= 11 is 0. The number of nitrogens with one attached hydrogen (secondary N) is 2. The van der Waals surface area contributed by atoms with Crippen molar-refractivity contribution in [1.82, 2.24) is 10.3 Å². The van der Waals surface area contributed by atoms with E-state index < -0.39 is 18.1 Å². The van der Waals surface area contributed by atoms with Gasteiger partial charge in [-0.25, -0.2) is 4.98 Å². The molecule has 0 amide bonds. The van der Waals surface area contributed by atoms with Gasteiger partial charge in [0.25, 0.3) is 0 Å². The summed E-state index contributed by atoms with van der Waals surface area (Å²) in [6.07, 6.45) is -2.21. The second-order valence-electron chi connectivity index (χ2n) is 8.86. The van der Waals surface area contributed by atoms with Gasteiger partial charge in [-0.2, -0.15) is 18.4 Å². The Morgan fingerprint density at radius 3 is 2.56 bits per heavy atom. The molecule has 0 radical (unpaired) electrons. The molecule has 0 saturated heterocycles. The Morgan fingerprint density at radius 2 is 1.79 bits per heavy atom. The quantitative estimate of drug-likeness (QED) is 0.394. The van der Waals surface area contributed by atoms with E-state index in [1.807, 2.05) is 31.2 Å². The number of nitrogens with zero attached hydrogens (tertiary/aromatic N) is 2. The Bertz CT molecular complexity index is 1190. The van der Waals surface area contributed by atoms with E-state index in [9.17, 15) is 18.3 Å². The van der Waals surface area contributed by atoms with Crippen LogP contribution in [0.3, 0.4) is 0 Å². The highest BCUT2D eigenvalue weighted by molar-refractivity contribution is 5.91. The predicted molar refractivity (Wildman–Crippen MR) is 125 cm³/mol. The summed E-state index contributed by atoms with van der Waals surface area (Å²) in [5.41, 5.74) is 1.33. The number of rotatable bonds is 6. The van der Waals surface area contributed by atoms with E-state index in [-0.39, 0.29) is 18.0 Å². The van der Waals surface area contributed by atoms with E-state index in [1.165, 1.54) is 0 Å². The third-order valence-electron chi connectivity index (χ3n) is 6.35. The van der Waals surface area contributed by atoms with E-state index in [1.54, 1.807) is 24.3 Å². The highest BCUT2D eigenvalue weighted by Gasteiger charge is 2.34. The lowest BCUT2D eigenvalue weighted by molar-refractivity contribution is -0.140. The van der Waals surface area contributed by atoms with Crippen LogP contribution in [0.15, 0.2) is 54.6 Å². The smallest absolute Gasteiger partial charge is 0.382 e. The Labute approximate surface area is 196 Å². The number of hydrogen-bond donors (Lipinski definition) is 3. The van der Waals surface area contributed by atoms with Crippen molar-refractivity contribution in [2.75, 3.05) is 5.32 Å². The summed E-state index contributed by atoms with van der Waals surface area (Å²) in [4.78, 5) is 3.78. The maximum absolute atomic E-state index is 13.4. The van der Waals surface area contributed by atoms with Gasteiger partial charge >= 0.3 is 6.18 Å². The first-order valence-corrected chi connectivity index (χ1v) is 11.4. The highest BCUT2D eigenvalue weighted by Crippen LogP contribution is 2.34. The molecule has 1 heterocycles. The van der Waals surface area contributed by atoms with Crippen LogP contribution in [0.2, 0.25) is 0 Å². The van der Waals surface area contributed by atoms with Gasteiger partial charge in [-0.1, -0.05) is 42.5 Å². The molecule has 1 aliphatic rings. The molecule has 0 bridgehead atoms. The number of para-hydroxylation sites is 1. The zero-order valence-corrected chi connectivity index (χ0v) is 18.8. The summed E-state index contributed by atoms with van der Waals surface area (Å²) in [6.45, 7) is 1.81. The van der Waals surface area contributed by atoms with Gasteiger partial charge in [-0.05, 0) is 55.9 Å². The van der Waals surface area contributed by atoms with E-state index in [0.717, 1.165) is 30.9 Å². The minimum Gasteiger partial charge on any atom is -0.382 e. The fourth-order valence-electron chi connectivity index (χ4n) is 4.52. The minimum absolute atomic E-state index is 0.00603. The standard InChI is InChI=1S/C26H27F3N4O/c1-16(15-30)17-6-4-7-18(12-17)25(34)32-20-9-5-8-19(13-20)31-23-14-24(26(27,28)29)33-22-11-3-2-10-21(22)23/h2-4,6-7,10-12,14,16,19-20,25,32,34H,5,8-9,13H2,1H3,(H,31,33)/t16?,19-,20+,25?/m0/s1. The second-order valence-corrected chi connectivity index (χ2v) is 8.86. The van der Waals surface area contributed by atoms with Crippen LogP contribution in [0.5, 0.6) is 0 Å². The van der Waals surface area contributed by atoms with E-state index in [4.69, 9.17) is 5.26 Å². The fourth-order valence-corrected chi connectivity index (χ4v) is 4.52. The van der Waals surface area contributed by atoms with E-state index >= 15 is 0 Å². The van der Waals surface area contributed by atoms with E-state index in [0.29, 0.717) is 28.6 Å². The summed E-state index contributed by atoms with van der Waals surface area (Å²) in [5.74, 6) is -0.271. The molecule has 1 fully saturated rings. The normalized spacial score (nSPS) is 20.5. The summed E-state index contributed by atoms with van der Waals surface area (Å²) in [6, 6.07) is 17.3. The van der Waals surface area contributed by atoms with Gasteiger partial charge in [0.15, 0.2) is 0 Å². The molecule has 5 nitrogen and oxygen atoms in total. The first-order chi connectivity index (χ1) is 16.2.